The predicted octanol–water partition coefficient (Wildman–Crippen LogP) is 4.82. The molecule has 0 radical (unpaired) electrons. The van der Waals surface area contributed by atoms with Gasteiger partial charge in [0.25, 0.3) is 0 Å². The molecule has 0 aliphatic heterocycles. The smallest absolute Gasteiger partial charge is 0.184 e. The molecule has 158 valence electrons. The highest BCUT2D eigenvalue weighted by Gasteiger charge is 2.32. The van der Waals surface area contributed by atoms with Crippen LogP contribution in [0.25, 0.3) is 16.6 Å². The third kappa shape index (κ3) is 3.74. The minimum absolute atomic E-state index is 0.457. The lowest BCUT2D eigenvalue weighted by Crippen LogP contribution is -2.36. The lowest BCUT2D eigenvalue weighted by atomic mass is 10.1. The maximum absolute atomic E-state index is 5.87. The zero-order valence-electron chi connectivity index (χ0n) is 18.1. The van der Waals surface area contributed by atoms with E-state index in [2.05, 4.69) is 89.0 Å². The molecule has 5 rings (SSSR count). The van der Waals surface area contributed by atoms with Gasteiger partial charge in [0.05, 0.1) is 5.52 Å². The van der Waals surface area contributed by atoms with Crippen LogP contribution in [-0.2, 0) is 13.0 Å². The van der Waals surface area contributed by atoms with E-state index in [0.717, 1.165) is 52.2 Å². The third-order valence-corrected chi connectivity index (χ3v) is 6.59. The molecule has 6 nitrogen and oxygen atoms in total. The molecule has 2 heterocycles. The second-order valence-electron chi connectivity index (χ2n) is 8.37. The van der Waals surface area contributed by atoms with Crippen LogP contribution in [0.2, 0.25) is 0 Å². The molecule has 1 aliphatic carbocycles. The Morgan fingerprint density at radius 3 is 2.81 bits per heavy atom. The van der Waals surface area contributed by atoms with Crippen molar-refractivity contribution >= 4 is 39.6 Å². The molecule has 7 heteroatoms. The predicted molar refractivity (Wildman–Crippen MR) is 128 cm³/mol. The number of tetrazole rings is 1. The minimum atomic E-state index is 0.457. The van der Waals surface area contributed by atoms with Gasteiger partial charge in [0, 0.05) is 29.2 Å². The van der Waals surface area contributed by atoms with Gasteiger partial charge >= 0.3 is 0 Å². The Kier molecular flexibility index (Phi) is 5.06. The summed E-state index contributed by atoms with van der Waals surface area (Å²) in [4.78, 5) is 2.29. The normalized spacial score (nSPS) is 13.6. The lowest BCUT2D eigenvalue weighted by Gasteiger charge is -2.27. The number of aryl methyl sites for hydroxylation is 2. The minimum Gasteiger partial charge on any atom is -0.342 e. The fraction of sp³-hybridized carbons (Fsp3) is 0.333. The van der Waals surface area contributed by atoms with E-state index < -0.39 is 0 Å². The average Bonchev–Trinajstić information content (AvgIpc) is 3.49. The van der Waals surface area contributed by atoms with Crippen molar-refractivity contribution < 1.29 is 0 Å². The van der Waals surface area contributed by atoms with Gasteiger partial charge in [-0.15, -0.1) is 5.10 Å². The van der Waals surface area contributed by atoms with Gasteiger partial charge in [-0.05, 0) is 96.7 Å². The molecule has 0 spiro atoms. The first kappa shape index (κ1) is 19.9. The van der Waals surface area contributed by atoms with Crippen LogP contribution in [0, 0.1) is 13.8 Å². The molecule has 1 fully saturated rings. The number of nitrogens with one attached hydrogen (secondary N) is 1. The molecule has 0 bridgehead atoms. The van der Waals surface area contributed by atoms with Crippen molar-refractivity contribution in [1.29, 1.82) is 0 Å². The van der Waals surface area contributed by atoms with E-state index >= 15 is 0 Å². The zero-order chi connectivity index (χ0) is 21.5. The van der Waals surface area contributed by atoms with Gasteiger partial charge in [-0.25, -0.2) is 0 Å². The van der Waals surface area contributed by atoms with Crippen LogP contribution >= 0.6 is 12.2 Å². The van der Waals surface area contributed by atoms with Gasteiger partial charge < -0.3 is 10.2 Å². The first-order valence-electron chi connectivity index (χ1n) is 10.8. The summed E-state index contributed by atoms with van der Waals surface area (Å²) >= 11 is 5.87. The third-order valence-electron chi connectivity index (χ3n) is 6.25. The van der Waals surface area contributed by atoms with E-state index in [4.69, 9.17) is 12.2 Å². The molecule has 1 aliphatic rings. The summed E-state index contributed by atoms with van der Waals surface area (Å²) in [5.41, 5.74) is 7.74. The SMILES string of the molecule is CCc1ccc2c(c1)cc(CN(C(=S)Nc1cccc(C)c1C)C1CC1)c1nnnn12. The van der Waals surface area contributed by atoms with Crippen molar-refractivity contribution in [2.24, 2.45) is 0 Å². The topological polar surface area (TPSA) is 58.3 Å². The van der Waals surface area contributed by atoms with Crippen LogP contribution < -0.4 is 5.32 Å². The van der Waals surface area contributed by atoms with Crippen molar-refractivity contribution in [1.82, 2.24) is 24.9 Å². The Hall–Kier alpha value is -3.06. The van der Waals surface area contributed by atoms with Gasteiger partial charge in [0.15, 0.2) is 10.8 Å². The number of nitrogens with zero attached hydrogens (tertiary/aromatic N) is 5. The summed E-state index contributed by atoms with van der Waals surface area (Å²) in [6.45, 7) is 7.10. The van der Waals surface area contributed by atoms with Crippen LogP contribution in [0.15, 0.2) is 42.5 Å². The number of aromatic nitrogens is 4. The van der Waals surface area contributed by atoms with E-state index in [1.807, 2.05) is 4.52 Å². The van der Waals surface area contributed by atoms with Crippen LogP contribution in [-0.4, -0.2) is 36.1 Å². The van der Waals surface area contributed by atoms with E-state index in [1.54, 1.807) is 0 Å². The standard InChI is InChI=1S/C24H26N6S/c1-4-17-8-11-22-18(12-17)13-19(23-26-27-28-30(22)23)14-29(20-9-10-20)24(31)25-21-7-5-6-15(2)16(21)3/h5-8,11-13,20H,4,9-10,14H2,1-3H3,(H,25,31). The fourth-order valence-corrected chi connectivity index (χ4v) is 4.38. The van der Waals surface area contributed by atoms with E-state index in [1.165, 1.54) is 16.7 Å². The molecule has 31 heavy (non-hydrogen) atoms. The number of rotatable bonds is 5. The number of anilines is 1. The van der Waals surface area contributed by atoms with Crippen molar-refractivity contribution in [3.63, 3.8) is 0 Å². The highest BCUT2D eigenvalue weighted by molar-refractivity contribution is 7.80. The number of hydrogen-bond donors (Lipinski definition) is 1. The summed E-state index contributed by atoms with van der Waals surface area (Å²) in [6.07, 6.45) is 3.31. The monoisotopic (exact) mass is 430 g/mol. The number of fused-ring (bicyclic) bond motifs is 3. The maximum Gasteiger partial charge on any atom is 0.184 e. The lowest BCUT2D eigenvalue weighted by molar-refractivity contribution is 0.410. The van der Waals surface area contributed by atoms with Crippen LogP contribution in [0.4, 0.5) is 5.69 Å². The summed E-state index contributed by atoms with van der Waals surface area (Å²) < 4.78 is 1.84. The van der Waals surface area contributed by atoms with E-state index in [0.29, 0.717) is 12.6 Å². The maximum atomic E-state index is 5.87. The Balaban J connectivity index is 1.50. The van der Waals surface area contributed by atoms with Gasteiger partial charge in [-0.2, -0.15) is 4.52 Å². The van der Waals surface area contributed by atoms with E-state index in [-0.39, 0.29) is 0 Å². The summed E-state index contributed by atoms with van der Waals surface area (Å²) in [5.74, 6) is 0. The highest BCUT2D eigenvalue weighted by atomic mass is 32.1. The molecule has 0 atom stereocenters. The number of benzene rings is 2. The Bertz CT molecular complexity index is 1290. The second-order valence-corrected chi connectivity index (χ2v) is 8.75. The number of hydrogen-bond acceptors (Lipinski definition) is 4. The molecule has 2 aromatic carbocycles. The largest absolute Gasteiger partial charge is 0.342 e. The van der Waals surface area contributed by atoms with Gasteiger partial charge in [-0.1, -0.05) is 25.1 Å². The average molecular weight is 431 g/mol. The summed E-state index contributed by atoms with van der Waals surface area (Å²) in [6, 6.07) is 15.4. The molecule has 0 saturated heterocycles. The molecule has 4 aromatic rings. The van der Waals surface area contributed by atoms with Gasteiger partial charge in [0.2, 0.25) is 0 Å². The molecular formula is C24H26N6S. The molecule has 0 amide bonds. The van der Waals surface area contributed by atoms with Gasteiger partial charge in [0.1, 0.15) is 0 Å². The van der Waals surface area contributed by atoms with Gasteiger partial charge in [-0.3, -0.25) is 0 Å². The van der Waals surface area contributed by atoms with Crippen LogP contribution in [0.5, 0.6) is 0 Å². The molecule has 0 unspecified atom stereocenters. The van der Waals surface area contributed by atoms with E-state index in [9.17, 15) is 0 Å². The number of thiocarbonyl (C=S) groups is 1. The fourth-order valence-electron chi connectivity index (χ4n) is 4.06. The van der Waals surface area contributed by atoms with Crippen molar-refractivity contribution in [2.45, 2.75) is 52.6 Å². The Labute approximate surface area is 187 Å². The molecule has 2 aromatic heterocycles. The highest BCUT2D eigenvalue weighted by Crippen LogP contribution is 2.31. The Morgan fingerprint density at radius 1 is 1.19 bits per heavy atom. The summed E-state index contributed by atoms with van der Waals surface area (Å²) in [7, 11) is 0. The molecule has 1 saturated carbocycles. The molecule has 1 N–H and O–H groups in total. The van der Waals surface area contributed by atoms with Crippen molar-refractivity contribution in [2.75, 3.05) is 5.32 Å². The number of pyridine rings is 1. The quantitative estimate of drug-likeness (QED) is 0.458. The van der Waals surface area contributed by atoms with Crippen LogP contribution in [0.3, 0.4) is 0 Å². The molecular weight excluding hydrogens is 404 g/mol. The zero-order valence-corrected chi connectivity index (χ0v) is 18.9. The second kappa shape index (κ2) is 7.89. The first-order valence-corrected chi connectivity index (χ1v) is 11.2. The van der Waals surface area contributed by atoms with Crippen LogP contribution in [0.1, 0.15) is 42.0 Å². The first-order chi connectivity index (χ1) is 15.0. The Morgan fingerprint density at radius 2 is 2.03 bits per heavy atom. The summed E-state index contributed by atoms with van der Waals surface area (Å²) in [5, 5.41) is 17.9. The van der Waals surface area contributed by atoms with Crippen molar-refractivity contribution in [3.8, 4) is 0 Å². The van der Waals surface area contributed by atoms with Crippen molar-refractivity contribution in [3.05, 3.63) is 64.7 Å².